The quantitative estimate of drug-likeness (QED) is 0.0159. The van der Waals surface area contributed by atoms with Crippen molar-refractivity contribution in [2.45, 2.75) is 238 Å². The molecule has 0 spiro atoms. The van der Waals surface area contributed by atoms with Crippen LogP contribution in [0.25, 0.3) is 0 Å². The standard InChI is InChI=1S/C66H111N17O15/c1-11-35(5)48(79-57(90)45(71-10)33-40-23-17-15-18-24-40)59(92)75-42(27-21-31-72-65(67)68)54(87)74-44(29-30-47(85)86)56(89)78-50(37(7)13-3)61(94)80-49(36(6)12-2)60(93)77-46(34-84)58(91)82-52-39(9)98-64(97)51(38(8)14-4)81-63(96)53(41-25-19-16-20-26-41)83-55(88)43(76-62(52)95)28-22-32-73-66(69)70/h15,17-18,23-24,35-39,41-46,48-53,71,84H,11-14,16,19-22,25-34H2,1-10H3,(H,74,87)(H,75,92)(H,76,95)(H,77,93)(H,78,89)(H,79,90)(H,80,94)(H,81,96)(H,82,91)(H,83,88)(H,85,86)(H4,67,68,72)(H4,69,70,73)/t35-,36-,37+,38-,39-,42-,43-,44+,45+,46-,48-,49-,50+,51-,52+,53-/m0/s1. The predicted octanol–water partition coefficient (Wildman–Crippen LogP) is -1.24. The third-order valence-electron chi connectivity index (χ3n) is 18.5. The summed E-state index contributed by atoms with van der Waals surface area (Å²) < 4.78 is 5.86. The van der Waals surface area contributed by atoms with Crippen LogP contribution in [0.1, 0.15) is 164 Å². The first kappa shape index (κ1) is 83.5. The predicted molar refractivity (Wildman–Crippen MR) is 365 cm³/mol. The second kappa shape index (κ2) is 42.9. The number of hydrogen-bond acceptors (Lipinski definition) is 17. The molecule has 550 valence electrons. The van der Waals surface area contributed by atoms with Crippen molar-refractivity contribution in [1.29, 1.82) is 10.8 Å². The second-order valence-electron chi connectivity index (χ2n) is 25.9. The first-order chi connectivity index (χ1) is 46.4. The SMILES string of the molecule is CC[C@@H](C)[C@@H](NC(=O)[C@@H](CCC(=O)O)NC(=O)[C@H](CCCNC(=N)N)NC(=O)[C@@H](NC(=O)[C@@H](Cc1ccccc1)NC)[C@@H](C)CC)C(=O)N[C@H](C(=O)N[C@@H](CO)C(=O)N[C@H]1C(=O)N[C@@H](CCCNC(=N)N)C(=O)N[C@@H](C2CCCCC2)C(=O)N[C@@H]([C@@H](C)CC)C(=O)O[C@H]1C)[C@@H](C)CC. The number of carbonyl (C=O) groups is 12. The molecule has 32 nitrogen and oxygen atoms in total. The lowest BCUT2D eigenvalue weighted by Gasteiger charge is -2.33. The monoisotopic (exact) mass is 1380 g/mol. The van der Waals surface area contributed by atoms with Gasteiger partial charge in [-0.3, -0.25) is 63.6 Å². The van der Waals surface area contributed by atoms with Gasteiger partial charge in [-0.1, -0.05) is 131 Å². The van der Waals surface area contributed by atoms with Crippen LogP contribution in [0, 0.1) is 40.4 Å². The van der Waals surface area contributed by atoms with E-state index in [1.165, 1.54) is 6.92 Å². The zero-order chi connectivity index (χ0) is 73.3. The van der Waals surface area contributed by atoms with Gasteiger partial charge in [-0.05, 0) is 100 Å². The molecule has 1 saturated carbocycles. The van der Waals surface area contributed by atoms with Gasteiger partial charge in [0.15, 0.2) is 11.9 Å². The molecule has 2 fully saturated rings. The summed E-state index contributed by atoms with van der Waals surface area (Å²) >= 11 is 0. The highest BCUT2D eigenvalue weighted by molar-refractivity contribution is 6.00. The number of guanidine groups is 2. The maximum absolute atomic E-state index is 14.6. The molecule has 0 bridgehead atoms. The molecule has 1 heterocycles. The number of nitrogens with one attached hydrogen (secondary N) is 15. The van der Waals surface area contributed by atoms with E-state index < -0.39 is 187 Å². The Morgan fingerprint density at radius 2 is 1.09 bits per heavy atom. The molecule has 16 atom stereocenters. The average Bonchev–Trinajstić information content (AvgIpc) is 1.33. The van der Waals surface area contributed by atoms with Gasteiger partial charge in [-0.15, -0.1) is 0 Å². The van der Waals surface area contributed by atoms with Gasteiger partial charge in [0.05, 0.1) is 12.6 Å². The third-order valence-corrected chi connectivity index (χ3v) is 18.5. The van der Waals surface area contributed by atoms with E-state index in [-0.39, 0.29) is 69.5 Å². The largest absolute Gasteiger partial charge is 0.481 e. The first-order valence-corrected chi connectivity index (χ1v) is 34.4. The topological polar surface area (TPSA) is 511 Å². The van der Waals surface area contributed by atoms with Gasteiger partial charge in [-0.25, -0.2) is 4.79 Å². The summed E-state index contributed by atoms with van der Waals surface area (Å²) in [4.78, 5) is 170. The van der Waals surface area contributed by atoms with E-state index >= 15 is 0 Å². The minimum atomic E-state index is -1.86. The number of rotatable bonds is 38. The number of aliphatic carboxylic acids is 1. The normalized spacial score (nSPS) is 21.2. The first-order valence-electron chi connectivity index (χ1n) is 34.4. The van der Waals surface area contributed by atoms with E-state index in [9.17, 15) is 67.7 Å². The zero-order valence-corrected chi connectivity index (χ0v) is 58.5. The minimum absolute atomic E-state index is 0.0645. The molecule has 0 unspecified atom stereocenters. The highest BCUT2D eigenvalue weighted by Crippen LogP contribution is 2.28. The second-order valence-corrected chi connectivity index (χ2v) is 25.9. The van der Waals surface area contributed by atoms with Crippen molar-refractivity contribution in [2.24, 2.45) is 41.1 Å². The number of nitrogens with two attached hydrogens (primary N) is 2. The fourth-order valence-corrected chi connectivity index (χ4v) is 11.4. The van der Waals surface area contributed by atoms with Crippen molar-refractivity contribution in [3.05, 3.63) is 35.9 Å². The Morgan fingerprint density at radius 3 is 1.60 bits per heavy atom. The highest BCUT2D eigenvalue weighted by Gasteiger charge is 2.43. The molecular formula is C66H111N17O15. The van der Waals surface area contributed by atoms with Crippen LogP contribution in [0.5, 0.6) is 0 Å². The molecule has 1 aliphatic heterocycles. The van der Waals surface area contributed by atoms with Gasteiger partial charge in [-0.2, -0.15) is 0 Å². The Morgan fingerprint density at radius 1 is 0.602 bits per heavy atom. The van der Waals surface area contributed by atoms with Crippen molar-refractivity contribution in [1.82, 2.24) is 69.1 Å². The van der Waals surface area contributed by atoms with Crippen LogP contribution in [0.2, 0.25) is 0 Å². The molecule has 3 rings (SSSR count). The number of carbonyl (C=O) groups excluding carboxylic acids is 11. The maximum Gasteiger partial charge on any atom is 0.329 e. The Labute approximate surface area is 574 Å². The van der Waals surface area contributed by atoms with Crippen LogP contribution in [0.4, 0.5) is 0 Å². The van der Waals surface area contributed by atoms with Crippen LogP contribution >= 0.6 is 0 Å². The fourth-order valence-electron chi connectivity index (χ4n) is 11.4. The molecule has 10 amide bonds. The van der Waals surface area contributed by atoms with Crippen LogP contribution in [0.3, 0.4) is 0 Å². The van der Waals surface area contributed by atoms with Gasteiger partial charge in [0.25, 0.3) is 0 Å². The zero-order valence-electron chi connectivity index (χ0n) is 58.5. The van der Waals surface area contributed by atoms with Gasteiger partial charge in [0, 0.05) is 19.5 Å². The lowest BCUT2D eigenvalue weighted by Crippen LogP contribution is -2.63. The van der Waals surface area contributed by atoms with E-state index in [2.05, 4.69) is 69.1 Å². The summed E-state index contributed by atoms with van der Waals surface area (Å²) in [5, 5.41) is 70.6. The lowest BCUT2D eigenvalue weighted by atomic mass is 9.83. The number of carboxylic acid groups (broad SMARTS) is 1. The lowest BCUT2D eigenvalue weighted by molar-refractivity contribution is -0.157. The summed E-state index contributed by atoms with van der Waals surface area (Å²) in [5.41, 5.74) is 11.9. The van der Waals surface area contributed by atoms with E-state index in [4.69, 9.17) is 27.0 Å². The van der Waals surface area contributed by atoms with Gasteiger partial charge >= 0.3 is 11.9 Å². The Bertz CT molecular complexity index is 2850. The van der Waals surface area contributed by atoms with Crippen molar-refractivity contribution in [3.8, 4) is 0 Å². The number of cyclic esters (lactones) is 1. The molecule has 32 heteroatoms. The Kier molecular flexibility index (Phi) is 36.6. The fraction of sp³-hybridized carbons (Fsp3) is 0.697. The summed E-state index contributed by atoms with van der Waals surface area (Å²) in [5.74, 6) is -14.4. The molecule has 21 N–H and O–H groups in total. The van der Waals surface area contributed by atoms with Crippen molar-refractivity contribution >= 4 is 82.9 Å². The smallest absolute Gasteiger partial charge is 0.329 e. The van der Waals surface area contributed by atoms with Gasteiger partial charge in [0.1, 0.15) is 66.5 Å². The third kappa shape index (κ3) is 27.3. The molecule has 0 radical (unpaired) electrons. The molecule has 1 saturated heterocycles. The number of ether oxygens (including phenoxy) is 1. The molecule has 1 aliphatic carbocycles. The molecule has 0 aromatic heterocycles. The average molecular weight is 1380 g/mol. The summed E-state index contributed by atoms with van der Waals surface area (Å²) in [7, 11) is 1.61. The number of esters is 1. The van der Waals surface area contributed by atoms with Crippen molar-refractivity contribution in [2.75, 3.05) is 26.7 Å². The summed E-state index contributed by atoms with van der Waals surface area (Å²) in [6.07, 6.45) is 2.74. The number of carboxylic acids is 1. The molecule has 1 aromatic carbocycles. The Balaban J connectivity index is 1.97. The molecule has 2 aliphatic rings. The molecular weight excluding hydrogens is 1270 g/mol. The van der Waals surface area contributed by atoms with Crippen LogP contribution < -0.4 is 80.6 Å². The minimum Gasteiger partial charge on any atom is -0.481 e. The van der Waals surface area contributed by atoms with E-state index in [0.717, 1.165) is 24.8 Å². The molecule has 1 aromatic rings. The van der Waals surface area contributed by atoms with Crippen LogP contribution in [0.15, 0.2) is 30.3 Å². The van der Waals surface area contributed by atoms with Crippen molar-refractivity contribution in [3.63, 3.8) is 0 Å². The van der Waals surface area contributed by atoms with Crippen molar-refractivity contribution < 1.29 is 72.5 Å². The molecule has 98 heavy (non-hydrogen) atoms. The number of hydrogen-bond donors (Lipinski definition) is 19. The van der Waals surface area contributed by atoms with E-state index in [0.29, 0.717) is 32.1 Å². The van der Waals surface area contributed by atoms with E-state index in [1.807, 2.05) is 37.3 Å². The number of likely N-dealkylation sites (N-methyl/N-ethyl adjacent to an activating group) is 1. The maximum atomic E-state index is 14.6. The number of aliphatic hydroxyl groups excluding tert-OH is 1. The number of amides is 10. The van der Waals surface area contributed by atoms with Crippen LogP contribution in [-0.4, -0.2) is 192 Å². The number of benzene rings is 1. The number of aliphatic hydroxyl groups is 1. The van der Waals surface area contributed by atoms with Gasteiger partial charge in [0.2, 0.25) is 59.1 Å². The summed E-state index contributed by atoms with van der Waals surface area (Å²) in [6.45, 7) is 14.1. The van der Waals surface area contributed by atoms with Crippen LogP contribution in [-0.2, 0) is 68.7 Å². The van der Waals surface area contributed by atoms with Gasteiger partial charge < -0.3 is 95.5 Å². The van der Waals surface area contributed by atoms with E-state index in [1.54, 1.807) is 55.5 Å². The summed E-state index contributed by atoms with van der Waals surface area (Å²) in [6, 6.07) is -6.13. The Hall–Kier alpha value is -8.68. The highest BCUT2D eigenvalue weighted by atomic mass is 16.5.